The molecule has 4 aromatic heterocycles. The second-order valence-corrected chi connectivity index (χ2v) is 12.1. The third-order valence-electron chi connectivity index (χ3n) is 6.59. The normalized spacial score (nSPS) is 10.8. The molecule has 0 aromatic carbocycles. The zero-order valence-electron chi connectivity index (χ0n) is 32.6. The maximum absolute atomic E-state index is 12.0. The number of amides is 1. The van der Waals surface area contributed by atoms with E-state index in [-0.39, 0.29) is 17.1 Å². The number of alkyl carbamates (subject to hydrolysis) is 1. The molecule has 55 heavy (non-hydrogen) atoms. The highest BCUT2D eigenvalue weighted by Crippen LogP contribution is 2.12. The monoisotopic (exact) mass is 781 g/mol. The number of carbonyl (C=O) groups is 2. The lowest BCUT2D eigenvalue weighted by molar-refractivity contribution is 0.0403. The van der Waals surface area contributed by atoms with Gasteiger partial charge in [-0.15, -0.1) is 0 Å². The van der Waals surface area contributed by atoms with Gasteiger partial charge < -0.3 is 66.2 Å². The molecule has 0 aliphatic carbocycles. The van der Waals surface area contributed by atoms with Gasteiger partial charge in [-0.05, 0) is 32.8 Å². The number of nitrogens with two attached hydrogens (primary N) is 2. The van der Waals surface area contributed by atoms with Crippen molar-refractivity contribution in [2.75, 3.05) is 97.7 Å². The zero-order chi connectivity index (χ0) is 41.1. The molecule has 21 nitrogen and oxygen atoms in total. The van der Waals surface area contributed by atoms with E-state index in [1.165, 1.54) is 6.20 Å². The van der Waals surface area contributed by atoms with Crippen molar-refractivity contribution < 1.29 is 38.4 Å². The van der Waals surface area contributed by atoms with Crippen LogP contribution in [0.25, 0.3) is 22.1 Å². The maximum atomic E-state index is 12.0. The number of aromatic nitrogens is 6. The largest absolute Gasteiger partial charge is 0.444 e. The molecule has 0 fully saturated rings. The topological polar surface area (TPSA) is 312 Å². The van der Waals surface area contributed by atoms with E-state index < -0.39 is 11.7 Å². The average Bonchev–Trinajstić information content (AvgIpc) is 3.77. The molecule has 0 aliphatic rings. The number of ether oxygens (including phenoxy) is 5. The lowest BCUT2D eigenvalue weighted by Crippen LogP contribution is -2.34. The van der Waals surface area contributed by atoms with Crippen LogP contribution in [-0.2, 0) is 30.2 Å². The van der Waals surface area contributed by atoms with Crippen molar-refractivity contribution in [3.8, 4) is 0 Å². The summed E-state index contributed by atoms with van der Waals surface area (Å²) < 4.78 is 26.2. The van der Waals surface area contributed by atoms with Gasteiger partial charge in [-0.25, -0.2) is 4.79 Å². The molecule has 4 aromatic rings. The molecule has 0 radical (unpaired) electrons. The number of carbonyl (C=O) groups excluding carboxylic acids is 2. The van der Waals surface area contributed by atoms with Gasteiger partial charge in [-0.2, -0.15) is 9.97 Å². The summed E-state index contributed by atoms with van der Waals surface area (Å²) in [5.41, 5.74) is 11.6. The van der Waals surface area contributed by atoms with Gasteiger partial charge in [0.25, 0.3) is 11.1 Å². The van der Waals surface area contributed by atoms with Gasteiger partial charge in [0.2, 0.25) is 11.9 Å². The quantitative estimate of drug-likeness (QED) is 0.0433. The van der Waals surface area contributed by atoms with E-state index in [4.69, 9.17) is 40.3 Å². The first-order valence-electron chi connectivity index (χ1n) is 17.7. The highest BCUT2D eigenvalue weighted by molar-refractivity contribution is 5.95. The molecule has 0 saturated carbocycles. The summed E-state index contributed by atoms with van der Waals surface area (Å²) in [5.74, 6) is 0.446. The van der Waals surface area contributed by atoms with E-state index in [2.05, 4.69) is 52.8 Å². The molecule has 12 N–H and O–H groups in total. The maximum Gasteiger partial charge on any atom is 0.407 e. The van der Waals surface area contributed by atoms with Crippen molar-refractivity contribution in [3.63, 3.8) is 0 Å². The van der Waals surface area contributed by atoms with E-state index in [0.29, 0.717) is 112 Å². The minimum atomic E-state index is -0.512. The number of nitrogens with zero attached hydrogens (tertiary/aromatic N) is 2. The third-order valence-corrected chi connectivity index (χ3v) is 6.59. The molecule has 4 heterocycles. The van der Waals surface area contributed by atoms with E-state index in [1.54, 1.807) is 13.2 Å². The van der Waals surface area contributed by atoms with Crippen LogP contribution in [0.3, 0.4) is 0 Å². The fourth-order valence-corrected chi connectivity index (χ4v) is 4.31. The Balaban J connectivity index is 0.000000478. The Morgan fingerprint density at radius 2 is 1.44 bits per heavy atom. The van der Waals surface area contributed by atoms with Gasteiger partial charge >= 0.3 is 6.09 Å². The number of aromatic amines is 4. The van der Waals surface area contributed by atoms with Crippen LogP contribution in [0.15, 0.2) is 22.0 Å². The van der Waals surface area contributed by atoms with Crippen molar-refractivity contribution in [3.05, 3.63) is 44.2 Å². The molecule has 0 atom stereocenters. The summed E-state index contributed by atoms with van der Waals surface area (Å²) in [6, 6.07) is 0. The molecule has 0 unspecified atom stereocenters. The summed E-state index contributed by atoms with van der Waals surface area (Å²) in [4.78, 5) is 64.2. The summed E-state index contributed by atoms with van der Waals surface area (Å²) >= 11 is 0. The summed E-state index contributed by atoms with van der Waals surface area (Å²) in [5, 5.41) is 16.3. The lowest BCUT2D eigenvalue weighted by atomic mass is 10.2. The summed E-state index contributed by atoms with van der Waals surface area (Å²) in [6.45, 7) is 14.2. The van der Waals surface area contributed by atoms with Gasteiger partial charge in [-0.3, -0.25) is 24.4 Å². The minimum Gasteiger partial charge on any atom is -0.444 e. The van der Waals surface area contributed by atoms with Crippen LogP contribution >= 0.6 is 0 Å². The number of anilines is 2. The average molecular weight is 782 g/mol. The van der Waals surface area contributed by atoms with Crippen LogP contribution in [0.2, 0.25) is 0 Å². The predicted molar refractivity (Wildman–Crippen MR) is 209 cm³/mol. The molecule has 1 amide bonds. The summed E-state index contributed by atoms with van der Waals surface area (Å²) in [6.07, 6.45) is 4.42. The Morgan fingerprint density at radius 3 is 2.04 bits per heavy atom. The van der Waals surface area contributed by atoms with Crippen LogP contribution in [0.4, 0.5) is 16.7 Å². The molecule has 0 spiro atoms. The molecular formula is C34H59N11O10. The molecule has 4 rings (SSSR count). The van der Waals surface area contributed by atoms with Crippen molar-refractivity contribution in [1.82, 2.24) is 40.5 Å². The number of rotatable bonds is 20. The van der Waals surface area contributed by atoms with Crippen molar-refractivity contribution in [2.45, 2.75) is 46.3 Å². The van der Waals surface area contributed by atoms with Gasteiger partial charge in [0.1, 0.15) is 16.9 Å². The van der Waals surface area contributed by atoms with E-state index >= 15 is 0 Å². The van der Waals surface area contributed by atoms with Gasteiger partial charge in [0.05, 0.1) is 57.0 Å². The number of aliphatic hydroxyl groups excluding tert-OH is 1. The fraction of sp³-hybridized carbons (Fsp3) is 0.588. The second-order valence-electron chi connectivity index (χ2n) is 12.1. The number of H-pyrrole nitrogens is 4. The van der Waals surface area contributed by atoms with Crippen LogP contribution in [0, 0.1) is 0 Å². The van der Waals surface area contributed by atoms with Crippen LogP contribution in [0.1, 0.15) is 50.0 Å². The van der Waals surface area contributed by atoms with Crippen LogP contribution < -0.4 is 38.5 Å². The van der Waals surface area contributed by atoms with Gasteiger partial charge in [0, 0.05) is 64.9 Å². The lowest BCUT2D eigenvalue weighted by Gasteiger charge is -2.19. The highest BCUT2D eigenvalue weighted by Gasteiger charge is 2.15. The van der Waals surface area contributed by atoms with Gasteiger partial charge in [-0.1, -0.05) is 6.92 Å². The number of aldehydes is 1. The summed E-state index contributed by atoms with van der Waals surface area (Å²) in [7, 11) is 2.65. The third kappa shape index (κ3) is 19.3. The number of fused-ring (bicyclic) bond motifs is 2. The number of nitrogen functional groups attached to an aromatic ring is 1. The molecular weight excluding hydrogens is 722 g/mol. The SMILES string of the molecule is CC(C)(C)OC(=O)NCCOCCOCCNCc1c[nH]c2nc(N)[nH]c(=O)c12.CCCOCCOCCN.CNc1nc2[nH]cc(C=O)c2c(=O)[nH]1.CO. The minimum absolute atomic E-state index is 0.0834. The first-order chi connectivity index (χ1) is 26.4. The smallest absolute Gasteiger partial charge is 0.407 e. The zero-order valence-corrected chi connectivity index (χ0v) is 32.6. The van der Waals surface area contributed by atoms with Crippen LogP contribution in [0.5, 0.6) is 0 Å². The van der Waals surface area contributed by atoms with Gasteiger partial charge in [0.15, 0.2) is 6.29 Å². The van der Waals surface area contributed by atoms with Crippen molar-refractivity contribution >= 4 is 46.3 Å². The Bertz CT molecular complexity index is 1760. The first-order valence-corrected chi connectivity index (χ1v) is 17.7. The number of hydrogen-bond donors (Lipinski definition) is 10. The molecule has 21 heteroatoms. The number of hydrogen-bond acceptors (Lipinski definition) is 16. The second kappa shape index (κ2) is 27.6. The first kappa shape index (κ1) is 48.1. The molecule has 0 aliphatic heterocycles. The highest BCUT2D eigenvalue weighted by atomic mass is 16.6. The Labute approximate surface area is 319 Å². The van der Waals surface area contributed by atoms with Crippen molar-refractivity contribution in [1.29, 1.82) is 0 Å². The predicted octanol–water partition coefficient (Wildman–Crippen LogP) is 0.583. The molecule has 0 bridgehead atoms. The van der Waals surface area contributed by atoms with E-state index in [9.17, 15) is 19.2 Å². The standard InChI is InChI=1S/C18H30N6O5.C8H8N4O2.C7H17NO2.CH4O/c1-18(2,3)29-17(26)21-5-7-28-9-8-27-6-4-20-10-12-11-22-14-13(12)15(25)24-16(19)23-14;1-9-8-11-6-5(7(14)12-8)4(3-13)2-10-6;1-2-4-9-6-7-10-5-3-8;1-2/h11,20H,4-10H2,1-3H3,(H,21,26)(H4,19,22,23,24,25);2-3H,1H3,(H3,9,10,11,12,14);2-8H2,1H3;2H,1H3. The Morgan fingerprint density at radius 1 is 0.855 bits per heavy atom. The number of nitrogens with one attached hydrogen (secondary N) is 7. The van der Waals surface area contributed by atoms with E-state index in [0.717, 1.165) is 25.7 Å². The molecule has 310 valence electrons. The van der Waals surface area contributed by atoms with Crippen LogP contribution in [-0.4, -0.2) is 140 Å². The van der Waals surface area contributed by atoms with Crippen molar-refractivity contribution in [2.24, 2.45) is 5.73 Å². The molecule has 0 saturated heterocycles. The Hall–Kier alpha value is -4.90. The van der Waals surface area contributed by atoms with E-state index in [1.807, 2.05) is 20.8 Å². The Kier molecular flexibility index (Phi) is 24.2. The number of aliphatic hydroxyl groups is 1. The fourth-order valence-electron chi connectivity index (χ4n) is 4.31.